The first-order valence-corrected chi connectivity index (χ1v) is 8.21. The van der Waals surface area contributed by atoms with Gasteiger partial charge >= 0.3 is 5.97 Å². The standard InChI is InChI=1S/C18H28N2O2/c1-13-7-8-15(10-14(13)2)12-20-9-5-4-6-16(20)11-17(19-3)18(21)22/h7-8,10,16-17,19H,4-6,9,11-12H2,1-3H3,(H,21,22). The second-order valence-electron chi connectivity index (χ2n) is 6.45. The molecule has 1 aromatic carbocycles. The van der Waals surface area contributed by atoms with Crippen LogP contribution >= 0.6 is 0 Å². The Morgan fingerprint density at radius 1 is 1.36 bits per heavy atom. The van der Waals surface area contributed by atoms with Gasteiger partial charge in [0, 0.05) is 12.6 Å². The van der Waals surface area contributed by atoms with Crippen molar-refractivity contribution in [1.29, 1.82) is 0 Å². The summed E-state index contributed by atoms with van der Waals surface area (Å²) in [6.07, 6.45) is 4.18. The number of hydrogen-bond donors (Lipinski definition) is 2. The molecular formula is C18H28N2O2. The average Bonchev–Trinajstić information content (AvgIpc) is 2.49. The summed E-state index contributed by atoms with van der Waals surface area (Å²) in [6.45, 7) is 6.26. The number of rotatable bonds is 6. The van der Waals surface area contributed by atoms with Crippen LogP contribution in [0.5, 0.6) is 0 Å². The molecule has 4 nitrogen and oxygen atoms in total. The Morgan fingerprint density at radius 2 is 2.14 bits per heavy atom. The van der Waals surface area contributed by atoms with Crippen LogP contribution in [-0.2, 0) is 11.3 Å². The quantitative estimate of drug-likeness (QED) is 0.848. The molecule has 1 aliphatic rings. The second kappa shape index (κ2) is 7.75. The number of hydrogen-bond acceptors (Lipinski definition) is 3. The molecule has 0 saturated carbocycles. The van der Waals surface area contributed by atoms with Crippen LogP contribution in [0.1, 0.15) is 42.4 Å². The van der Waals surface area contributed by atoms with Crippen LogP contribution in [0, 0.1) is 13.8 Å². The number of benzene rings is 1. The van der Waals surface area contributed by atoms with Gasteiger partial charge in [-0.15, -0.1) is 0 Å². The molecule has 1 heterocycles. The van der Waals surface area contributed by atoms with E-state index in [1.165, 1.54) is 29.5 Å². The second-order valence-corrected chi connectivity index (χ2v) is 6.45. The minimum absolute atomic E-state index is 0.351. The van der Waals surface area contributed by atoms with Crippen LogP contribution in [0.3, 0.4) is 0 Å². The first-order chi connectivity index (χ1) is 10.5. The van der Waals surface area contributed by atoms with Gasteiger partial charge in [-0.25, -0.2) is 0 Å². The molecule has 0 amide bonds. The highest BCUT2D eigenvalue weighted by molar-refractivity contribution is 5.73. The van der Waals surface area contributed by atoms with Crippen molar-refractivity contribution in [3.8, 4) is 0 Å². The zero-order valence-electron chi connectivity index (χ0n) is 13.9. The topological polar surface area (TPSA) is 52.6 Å². The number of piperidine rings is 1. The Hall–Kier alpha value is -1.39. The van der Waals surface area contributed by atoms with E-state index < -0.39 is 12.0 Å². The minimum atomic E-state index is -0.751. The summed E-state index contributed by atoms with van der Waals surface area (Å²) in [5.74, 6) is -0.751. The summed E-state index contributed by atoms with van der Waals surface area (Å²) < 4.78 is 0. The predicted molar refractivity (Wildman–Crippen MR) is 89.1 cm³/mol. The van der Waals surface area contributed by atoms with Gasteiger partial charge < -0.3 is 10.4 Å². The number of aliphatic carboxylic acids is 1. The molecule has 2 rings (SSSR count). The number of likely N-dealkylation sites (N-methyl/N-ethyl adjacent to an activating group) is 1. The van der Waals surface area contributed by atoms with Gasteiger partial charge in [0.05, 0.1) is 0 Å². The van der Waals surface area contributed by atoms with Gasteiger partial charge in [0.1, 0.15) is 6.04 Å². The summed E-state index contributed by atoms with van der Waals surface area (Å²) in [6, 6.07) is 6.53. The van der Waals surface area contributed by atoms with Crippen LogP contribution in [0.4, 0.5) is 0 Å². The number of likely N-dealkylation sites (tertiary alicyclic amines) is 1. The average molecular weight is 304 g/mol. The maximum atomic E-state index is 11.3. The van der Waals surface area contributed by atoms with Crippen molar-refractivity contribution in [1.82, 2.24) is 10.2 Å². The lowest BCUT2D eigenvalue weighted by atomic mass is 9.95. The lowest BCUT2D eigenvalue weighted by Gasteiger charge is -2.37. The monoisotopic (exact) mass is 304 g/mol. The molecule has 1 saturated heterocycles. The Morgan fingerprint density at radius 3 is 2.77 bits per heavy atom. The highest BCUT2D eigenvalue weighted by Crippen LogP contribution is 2.24. The molecule has 0 aromatic heterocycles. The lowest BCUT2D eigenvalue weighted by molar-refractivity contribution is -0.140. The number of carbonyl (C=O) groups is 1. The number of nitrogens with zero attached hydrogens (tertiary/aromatic N) is 1. The van der Waals surface area contributed by atoms with E-state index in [0.717, 1.165) is 19.5 Å². The molecule has 1 aliphatic heterocycles. The van der Waals surface area contributed by atoms with E-state index in [1.54, 1.807) is 7.05 Å². The fourth-order valence-electron chi connectivity index (χ4n) is 3.29. The van der Waals surface area contributed by atoms with Crippen LogP contribution in [0.15, 0.2) is 18.2 Å². The van der Waals surface area contributed by atoms with E-state index >= 15 is 0 Å². The number of carboxylic acid groups (broad SMARTS) is 1. The highest BCUT2D eigenvalue weighted by atomic mass is 16.4. The molecule has 1 fully saturated rings. The van der Waals surface area contributed by atoms with Crippen molar-refractivity contribution in [2.75, 3.05) is 13.6 Å². The Bertz CT molecular complexity index is 516. The maximum Gasteiger partial charge on any atom is 0.320 e. The van der Waals surface area contributed by atoms with Gasteiger partial charge in [-0.2, -0.15) is 0 Å². The summed E-state index contributed by atoms with van der Waals surface area (Å²) in [4.78, 5) is 13.7. The predicted octanol–water partition coefficient (Wildman–Crippen LogP) is 2.72. The number of nitrogens with one attached hydrogen (secondary N) is 1. The molecule has 122 valence electrons. The number of carboxylic acids is 1. The smallest absolute Gasteiger partial charge is 0.320 e. The third-order valence-electron chi connectivity index (χ3n) is 4.86. The Balaban J connectivity index is 2.05. The summed E-state index contributed by atoms with van der Waals surface area (Å²) in [5.41, 5.74) is 3.97. The van der Waals surface area contributed by atoms with Crippen molar-refractivity contribution < 1.29 is 9.90 Å². The molecule has 2 unspecified atom stereocenters. The van der Waals surface area contributed by atoms with Gasteiger partial charge in [0.25, 0.3) is 0 Å². The SMILES string of the molecule is CNC(CC1CCCCN1Cc1ccc(C)c(C)c1)C(=O)O. The van der Waals surface area contributed by atoms with E-state index in [-0.39, 0.29) is 0 Å². The lowest BCUT2D eigenvalue weighted by Crippen LogP contribution is -2.45. The first kappa shape index (κ1) is 17.0. The molecule has 2 atom stereocenters. The van der Waals surface area contributed by atoms with Gasteiger partial charge in [-0.1, -0.05) is 24.6 Å². The van der Waals surface area contributed by atoms with Crippen molar-refractivity contribution >= 4 is 5.97 Å². The van der Waals surface area contributed by atoms with Crippen molar-refractivity contribution in [3.63, 3.8) is 0 Å². The van der Waals surface area contributed by atoms with Gasteiger partial charge in [-0.3, -0.25) is 9.69 Å². The molecule has 1 aromatic rings. The molecule has 4 heteroatoms. The van der Waals surface area contributed by atoms with Gasteiger partial charge in [0.2, 0.25) is 0 Å². The fraction of sp³-hybridized carbons (Fsp3) is 0.611. The Kier molecular flexibility index (Phi) is 5.98. The van der Waals surface area contributed by atoms with E-state index in [0.29, 0.717) is 12.5 Å². The molecule has 22 heavy (non-hydrogen) atoms. The first-order valence-electron chi connectivity index (χ1n) is 8.21. The molecule has 0 spiro atoms. The van der Waals surface area contributed by atoms with Gasteiger partial charge in [0.15, 0.2) is 0 Å². The third kappa shape index (κ3) is 4.31. The zero-order valence-corrected chi connectivity index (χ0v) is 13.9. The van der Waals surface area contributed by atoms with E-state index in [9.17, 15) is 9.90 Å². The van der Waals surface area contributed by atoms with Crippen molar-refractivity contribution in [2.24, 2.45) is 0 Å². The minimum Gasteiger partial charge on any atom is -0.480 e. The van der Waals surface area contributed by atoms with Crippen LogP contribution in [-0.4, -0.2) is 41.7 Å². The summed E-state index contributed by atoms with van der Waals surface area (Å²) >= 11 is 0. The van der Waals surface area contributed by atoms with E-state index in [2.05, 4.69) is 42.3 Å². The normalized spacial score (nSPS) is 20.8. The number of aryl methyl sites for hydroxylation is 2. The van der Waals surface area contributed by atoms with Crippen LogP contribution < -0.4 is 5.32 Å². The largest absolute Gasteiger partial charge is 0.480 e. The fourth-order valence-corrected chi connectivity index (χ4v) is 3.29. The summed E-state index contributed by atoms with van der Waals surface area (Å²) in [7, 11) is 1.73. The van der Waals surface area contributed by atoms with Crippen LogP contribution in [0.2, 0.25) is 0 Å². The maximum absolute atomic E-state index is 11.3. The van der Waals surface area contributed by atoms with Crippen molar-refractivity contribution in [3.05, 3.63) is 34.9 Å². The molecule has 2 N–H and O–H groups in total. The third-order valence-corrected chi connectivity index (χ3v) is 4.86. The molecule has 0 bridgehead atoms. The highest BCUT2D eigenvalue weighted by Gasteiger charge is 2.27. The molecule has 0 radical (unpaired) electrons. The molecular weight excluding hydrogens is 276 g/mol. The van der Waals surface area contributed by atoms with Crippen molar-refractivity contribution in [2.45, 2.75) is 58.2 Å². The zero-order chi connectivity index (χ0) is 16.1. The van der Waals surface area contributed by atoms with Gasteiger partial charge in [-0.05, 0) is 63.4 Å². The van der Waals surface area contributed by atoms with E-state index in [4.69, 9.17) is 0 Å². The summed E-state index contributed by atoms with van der Waals surface area (Å²) in [5, 5.41) is 12.2. The van der Waals surface area contributed by atoms with Crippen LogP contribution in [0.25, 0.3) is 0 Å². The molecule has 0 aliphatic carbocycles. The van der Waals surface area contributed by atoms with E-state index in [1.807, 2.05) is 0 Å². The Labute approximate surface area is 133 Å².